The molecule has 0 aromatic rings. The number of guanidine groups is 1. The van der Waals surface area contributed by atoms with Crippen LogP contribution in [0.3, 0.4) is 0 Å². The summed E-state index contributed by atoms with van der Waals surface area (Å²) in [6, 6.07) is 0.484. The van der Waals surface area contributed by atoms with E-state index in [2.05, 4.69) is 29.5 Å². The van der Waals surface area contributed by atoms with Gasteiger partial charge in [-0.1, -0.05) is 6.42 Å². The third-order valence-electron chi connectivity index (χ3n) is 6.21. The fraction of sp³-hybridized carbons (Fsp3) is 0.889. The molecule has 7 heteroatoms. The van der Waals surface area contributed by atoms with Crippen molar-refractivity contribution in [1.29, 1.82) is 0 Å². The molecule has 0 aromatic heterocycles. The highest BCUT2D eigenvalue weighted by Gasteiger charge is 2.59. The SMILES string of the molecule is CCN=C(NC1CCN(C(N)=O)CC1)NC1CC(OCC)C12CCC2. The number of urea groups is 1. The highest BCUT2D eigenvalue weighted by molar-refractivity contribution is 5.81. The lowest BCUT2D eigenvalue weighted by atomic mass is 9.51. The van der Waals surface area contributed by atoms with Crippen LogP contribution in [0.25, 0.3) is 0 Å². The molecule has 2 atom stereocenters. The number of nitrogens with one attached hydrogen (secondary N) is 2. The lowest BCUT2D eigenvalue weighted by molar-refractivity contribution is -0.168. The van der Waals surface area contributed by atoms with Crippen LogP contribution in [0.4, 0.5) is 4.79 Å². The zero-order valence-electron chi connectivity index (χ0n) is 15.6. The molecular weight excluding hydrogens is 318 g/mol. The summed E-state index contributed by atoms with van der Waals surface area (Å²) >= 11 is 0. The molecule has 1 spiro atoms. The number of rotatable bonds is 5. The lowest BCUT2D eigenvalue weighted by Gasteiger charge is -2.61. The second-order valence-corrected chi connectivity index (χ2v) is 7.53. The van der Waals surface area contributed by atoms with Crippen molar-refractivity contribution in [2.75, 3.05) is 26.2 Å². The average molecular weight is 351 g/mol. The Kier molecular flexibility index (Phi) is 5.71. The van der Waals surface area contributed by atoms with E-state index in [-0.39, 0.29) is 6.03 Å². The minimum Gasteiger partial charge on any atom is -0.378 e. The number of nitrogens with zero attached hydrogens (tertiary/aromatic N) is 2. The first-order valence-corrected chi connectivity index (χ1v) is 9.82. The van der Waals surface area contributed by atoms with Crippen molar-refractivity contribution in [2.24, 2.45) is 16.1 Å². The van der Waals surface area contributed by atoms with Crippen LogP contribution in [0.1, 0.15) is 52.4 Å². The number of primary amides is 1. The molecule has 25 heavy (non-hydrogen) atoms. The van der Waals surface area contributed by atoms with E-state index in [9.17, 15) is 4.79 Å². The van der Waals surface area contributed by atoms with Crippen LogP contribution >= 0.6 is 0 Å². The summed E-state index contributed by atoms with van der Waals surface area (Å²) in [6.45, 7) is 7.12. The van der Waals surface area contributed by atoms with Gasteiger partial charge >= 0.3 is 6.03 Å². The van der Waals surface area contributed by atoms with Gasteiger partial charge in [0.05, 0.1) is 6.10 Å². The molecular formula is C18H33N5O2. The van der Waals surface area contributed by atoms with Gasteiger partial charge in [0, 0.05) is 43.7 Å². The number of amides is 2. The maximum Gasteiger partial charge on any atom is 0.314 e. The van der Waals surface area contributed by atoms with E-state index in [4.69, 9.17) is 10.5 Å². The van der Waals surface area contributed by atoms with E-state index in [0.717, 1.165) is 38.4 Å². The van der Waals surface area contributed by atoms with Crippen LogP contribution in [0, 0.1) is 5.41 Å². The summed E-state index contributed by atoms with van der Waals surface area (Å²) < 4.78 is 5.94. The first-order chi connectivity index (χ1) is 12.1. The summed E-state index contributed by atoms with van der Waals surface area (Å²) in [4.78, 5) is 17.6. The molecule has 1 heterocycles. The number of piperidine rings is 1. The topological polar surface area (TPSA) is 92.0 Å². The molecule has 7 nitrogen and oxygen atoms in total. The number of likely N-dealkylation sites (tertiary alicyclic amines) is 1. The largest absolute Gasteiger partial charge is 0.378 e. The van der Waals surface area contributed by atoms with Gasteiger partial charge < -0.3 is 26.0 Å². The maximum atomic E-state index is 11.3. The van der Waals surface area contributed by atoms with Crippen molar-refractivity contribution >= 4 is 12.0 Å². The Morgan fingerprint density at radius 3 is 2.52 bits per heavy atom. The smallest absolute Gasteiger partial charge is 0.314 e. The molecule has 3 fully saturated rings. The summed E-state index contributed by atoms with van der Waals surface area (Å²) in [5.74, 6) is 0.909. The third kappa shape index (κ3) is 3.71. The van der Waals surface area contributed by atoms with Gasteiger partial charge in [0.25, 0.3) is 0 Å². The number of carbonyl (C=O) groups excluding carboxylic acids is 1. The molecule has 142 valence electrons. The molecule has 0 aromatic carbocycles. The van der Waals surface area contributed by atoms with Gasteiger partial charge in [0.2, 0.25) is 0 Å². The molecule has 1 saturated heterocycles. The van der Waals surface area contributed by atoms with Crippen molar-refractivity contribution in [3.05, 3.63) is 0 Å². The molecule has 2 aliphatic carbocycles. The Morgan fingerprint density at radius 1 is 1.28 bits per heavy atom. The Balaban J connectivity index is 1.53. The zero-order chi connectivity index (χ0) is 17.9. The Labute approximate surface area is 150 Å². The number of nitrogens with two attached hydrogens (primary N) is 1. The normalized spacial score (nSPS) is 29.0. The molecule has 2 saturated carbocycles. The van der Waals surface area contributed by atoms with E-state index in [1.807, 2.05) is 0 Å². The molecule has 3 aliphatic rings. The predicted octanol–water partition coefficient (Wildman–Crippen LogP) is 1.43. The number of hydrogen-bond donors (Lipinski definition) is 3. The van der Waals surface area contributed by atoms with E-state index >= 15 is 0 Å². The van der Waals surface area contributed by atoms with E-state index in [0.29, 0.717) is 36.7 Å². The Hall–Kier alpha value is -1.50. The zero-order valence-corrected chi connectivity index (χ0v) is 15.6. The van der Waals surface area contributed by atoms with Crippen LogP contribution in [0.5, 0.6) is 0 Å². The van der Waals surface area contributed by atoms with Crippen molar-refractivity contribution in [2.45, 2.75) is 70.6 Å². The minimum absolute atomic E-state index is 0.317. The Morgan fingerprint density at radius 2 is 2.00 bits per heavy atom. The molecule has 0 radical (unpaired) electrons. The van der Waals surface area contributed by atoms with Crippen LogP contribution in [-0.2, 0) is 4.74 Å². The number of carbonyl (C=O) groups is 1. The minimum atomic E-state index is -0.317. The van der Waals surface area contributed by atoms with E-state index in [1.54, 1.807) is 4.90 Å². The van der Waals surface area contributed by atoms with Crippen LogP contribution in [0.15, 0.2) is 4.99 Å². The highest BCUT2D eigenvalue weighted by Crippen LogP contribution is 2.57. The fourth-order valence-corrected chi connectivity index (χ4v) is 4.53. The van der Waals surface area contributed by atoms with Gasteiger partial charge in [-0.2, -0.15) is 0 Å². The number of aliphatic imine (C=N–C) groups is 1. The molecule has 0 bridgehead atoms. The Bertz CT molecular complexity index is 498. The van der Waals surface area contributed by atoms with Gasteiger partial charge in [-0.15, -0.1) is 0 Å². The lowest BCUT2D eigenvalue weighted by Crippen LogP contribution is -2.69. The van der Waals surface area contributed by atoms with Gasteiger partial charge in [0.15, 0.2) is 5.96 Å². The van der Waals surface area contributed by atoms with Crippen LogP contribution < -0.4 is 16.4 Å². The van der Waals surface area contributed by atoms with Crippen molar-refractivity contribution < 1.29 is 9.53 Å². The van der Waals surface area contributed by atoms with Gasteiger partial charge in [-0.05, 0) is 46.0 Å². The number of ether oxygens (including phenoxy) is 1. The molecule has 3 rings (SSSR count). The summed E-state index contributed by atoms with van der Waals surface area (Å²) in [6.07, 6.45) is 7.11. The van der Waals surface area contributed by atoms with Crippen molar-refractivity contribution in [3.63, 3.8) is 0 Å². The first kappa shape index (κ1) is 18.3. The van der Waals surface area contributed by atoms with Gasteiger partial charge in [-0.25, -0.2) is 4.79 Å². The van der Waals surface area contributed by atoms with Crippen LogP contribution in [-0.4, -0.2) is 61.3 Å². The van der Waals surface area contributed by atoms with Crippen LogP contribution in [0.2, 0.25) is 0 Å². The van der Waals surface area contributed by atoms with Gasteiger partial charge in [-0.3, -0.25) is 4.99 Å². The van der Waals surface area contributed by atoms with E-state index < -0.39 is 0 Å². The van der Waals surface area contributed by atoms with Crippen molar-refractivity contribution in [1.82, 2.24) is 15.5 Å². The quantitative estimate of drug-likeness (QED) is 0.516. The molecule has 1 aliphatic heterocycles. The maximum absolute atomic E-state index is 11.3. The monoisotopic (exact) mass is 351 g/mol. The molecule has 4 N–H and O–H groups in total. The fourth-order valence-electron chi connectivity index (χ4n) is 4.53. The van der Waals surface area contributed by atoms with Gasteiger partial charge in [0.1, 0.15) is 0 Å². The first-order valence-electron chi connectivity index (χ1n) is 9.82. The summed E-state index contributed by atoms with van der Waals surface area (Å²) in [5.41, 5.74) is 5.68. The molecule has 2 unspecified atom stereocenters. The number of hydrogen-bond acceptors (Lipinski definition) is 3. The third-order valence-corrected chi connectivity index (χ3v) is 6.21. The summed E-state index contributed by atoms with van der Waals surface area (Å²) in [5, 5.41) is 7.24. The van der Waals surface area contributed by atoms with Crippen molar-refractivity contribution in [3.8, 4) is 0 Å². The highest BCUT2D eigenvalue weighted by atomic mass is 16.5. The predicted molar refractivity (Wildman–Crippen MR) is 98.5 cm³/mol. The standard InChI is InChI=1S/C18H33N5O2/c1-3-20-17(21-13-6-10-23(11-7-13)16(19)24)22-14-12-15(25-4-2)18(14)8-5-9-18/h13-15H,3-12H2,1-2H3,(H2,19,24)(H2,20,21,22). The van der Waals surface area contributed by atoms with E-state index in [1.165, 1.54) is 19.3 Å². The second-order valence-electron chi connectivity index (χ2n) is 7.53. The molecule has 2 amide bonds. The second kappa shape index (κ2) is 7.81. The summed E-state index contributed by atoms with van der Waals surface area (Å²) in [7, 11) is 0. The average Bonchev–Trinajstić information content (AvgIpc) is 2.53.